The third-order valence-corrected chi connectivity index (χ3v) is 7.64. The second kappa shape index (κ2) is 6.74. The summed E-state index contributed by atoms with van der Waals surface area (Å²) in [4.78, 5) is 12.0. The zero-order valence-corrected chi connectivity index (χ0v) is 15.0. The number of rotatable bonds is 4. The van der Waals surface area contributed by atoms with Gasteiger partial charge in [-0.3, -0.25) is 4.79 Å². The van der Waals surface area contributed by atoms with E-state index in [0.29, 0.717) is 6.54 Å². The maximum absolute atomic E-state index is 12.8. The number of carbonyl (C=O) groups excluding carboxylic acids is 1. The summed E-state index contributed by atoms with van der Waals surface area (Å²) in [7, 11) is -3.70. The first-order valence-corrected chi connectivity index (χ1v) is 9.58. The van der Waals surface area contributed by atoms with E-state index in [1.807, 2.05) is 6.92 Å². The first-order chi connectivity index (χ1) is 9.87. The van der Waals surface area contributed by atoms with Gasteiger partial charge in [0.05, 0.1) is 10.4 Å². The van der Waals surface area contributed by atoms with Crippen LogP contribution in [0.3, 0.4) is 0 Å². The minimum Gasteiger partial charge on any atom is -0.465 e. The standard InChI is InChI=1S/C12H17BrN2O4S2/c1-3-19-12(16)9-7-14-4-5-15(9)21(17,18)10-6-8(2)11(13)20-10/h6,9,14H,3-5,7H2,1-2H3. The Labute approximate surface area is 136 Å². The van der Waals surface area contributed by atoms with Crippen LogP contribution < -0.4 is 5.32 Å². The Hall–Kier alpha value is -0.480. The van der Waals surface area contributed by atoms with Gasteiger partial charge in [0.1, 0.15) is 10.3 Å². The fourth-order valence-corrected chi connectivity index (χ4v) is 6.02. The summed E-state index contributed by atoms with van der Waals surface area (Å²) in [6, 6.07) is 0.804. The Morgan fingerprint density at radius 1 is 1.62 bits per heavy atom. The second-order valence-electron chi connectivity index (χ2n) is 4.61. The van der Waals surface area contributed by atoms with Gasteiger partial charge in [-0.25, -0.2) is 8.42 Å². The zero-order valence-electron chi connectivity index (χ0n) is 11.8. The third-order valence-electron chi connectivity index (χ3n) is 3.15. The summed E-state index contributed by atoms with van der Waals surface area (Å²) in [5.74, 6) is -0.513. The molecule has 1 aromatic rings. The molecule has 118 valence electrons. The van der Waals surface area contributed by atoms with Crippen molar-refractivity contribution in [3.63, 3.8) is 0 Å². The molecular weight excluding hydrogens is 380 g/mol. The third kappa shape index (κ3) is 3.48. The van der Waals surface area contributed by atoms with E-state index in [9.17, 15) is 13.2 Å². The van der Waals surface area contributed by atoms with Crippen molar-refractivity contribution in [2.75, 3.05) is 26.2 Å². The van der Waals surface area contributed by atoms with Gasteiger partial charge in [-0.1, -0.05) is 0 Å². The lowest BCUT2D eigenvalue weighted by molar-refractivity contribution is -0.148. The summed E-state index contributed by atoms with van der Waals surface area (Å²) < 4.78 is 32.7. The molecule has 1 aromatic heterocycles. The molecule has 0 radical (unpaired) electrons. The molecule has 1 saturated heterocycles. The highest BCUT2D eigenvalue weighted by Crippen LogP contribution is 2.33. The lowest BCUT2D eigenvalue weighted by Crippen LogP contribution is -2.57. The summed E-state index contributed by atoms with van der Waals surface area (Å²) in [6.45, 7) is 4.80. The fraction of sp³-hybridized carbons (Fsp3) is 0.583. The molecule has 21 heavy (non-hydrogen) atoms. The highest BCUT2D eigenvalue weighted by molar-refractivity contribution is 9.11. The number of aryl methyl sites for hydroxylation is 1. The van der Waals surface area contributed by atoms with Gasteiger partial charge in [-0.15, -0.1) is 11.3 Å². The maximum atomic E-state index is 12.8. The highest BCUT2D eigenvalue weighted by atomic mass is 79.9. The van der Waals surface area contributed by atoms with Crippen LogP contribution in [-0.2, 0) is 19.6 Å². The number of thiophene rings is 1. The number of esters is 1. The van der Waals surface area contributed by atoms with Crippen molar-refractivity contribution in [1.29, 1.82) is 0 Å². The second-order valence-corrected chi connectivity index (χ2v) is 9.10. The van der Waals surface area contributed by atoms with E-state index in [4.69, 9.17) is 4.74 Å². The quantitative estimate of drug-likeness (QED) is 0.777. The Morgan fingerprint density at radius 3 is 2.90 bits per heavy atom. The van der Waals surface area contributed by atoms with Crippen molar-refractivity contribution in [2.24, 2.45) is 0 Å². The van der Waals surface area contributed by atoms with Crippen LogP contribution in [-0.4, -0.2) is 51.0 Å². The minimum absolute atomic E-state index is 0.229. The molecule has 1 atom stereocenters. The Bertz CT molecular complexity index is 610. The van der Waals surface area contributed by atoms with E-state index in [0.717, 1.165) is 20.7 Å². The number of hydrogen-bond donors (Lipinski definition) is 1. The van der Waals surface area contributed by atoms with Gasteiger partial charge in [0.15, 0.2) is 0 Å². The van der Waals surface area contributed by atoms with Crippen LogP contribution in [0.5, 0.6) is 0 Å². The van der Waals surface area contributed by atoms with Crippen molar-refractivity contribution >= 4 is 43.3 Å². The molecule has 0 amide bonds. The van der Waals surface area contributed by atoms with Crippen LogP contribution in [0.4, 0.5) is 0 Å². The van der Waals surface area contributed by atoms with E-state index < -0.39 is 22.0 Å². The molecule has 1 aliphatic heterocycles. The fourth-order valence-electron chi connectivity index (χ4n) is 2.09. The van der Waals surface area contributed by atoms with Crippen molar-refractivity contribution in [2.45, 2.75) is 24.1 Å². The lowest BCUT2D eigenvalue weighted by atomic mass is 10.2. The van der Waals surface area contributed by atoms with Crippen molar-refractivity contribution in [1.82, 2.24) is 9.62 Å². The predicted octanol–water partition coefficient (Wildman–Crippen LogP) is 1.34. The Morgan fingerprint density at radius 2 is 2.33 bits per heavy atom. The van der Waals surface area contributed by atoms with Crippen molar-refractivity contribution < 1.29 is 17.9 Å². The molecule has 0 spiro atoms. The van der Waals surface area contributed by atoms with E-state index in [-0.39, 0.29) is 23.9 Å². The number of carbonyl (C=O) groups is 1. The van der Waals surface area contributed by atoms with E-state index in [1.165, 1.54) is 4.31 Å². The van der Waals surface area contributed by atoms with Gasteiger partial charge in [0, 0.05) is 19.6 Å². The number of piperazine rings is 1. The summed E-state index contributed by atoms with van der Waals surface area (Å²) in [5, 5.41) is 3.03. The Kier molecular flexibility index (Phi) is 5.42. The lowest BCUT2D eigenvalue weighted by Gasteiger charge is -2.32. The van der Waals surface area contributed by atoms with E-state index in [1.54, 1.807) is 13.0 Å². The monoisotopic (exact) mass is 396 g/mol. The SMILES string of the molecule is CCOC(=O)C1CNCCN1S(=O)(=O)c1cc(C)c(Br)s1. The average Bonchev–Trinajstić information content (AvgIpc) is 2.80. The predicted molar refractivity (Wildman–Crippen MR) is 83.9 cm³/mol. The van der Waals surface area contributed by atoms with Crippen LogP contribution in [0, 0.1) is 6.92 Å². The number of sulfonamides is 1. The molecule has 9 heteroatoms. The molecule has 0 aliphatic carbocycles. The molecule has 2 heterocycles. The minimum atomic E-state index is -3.70. The number of ether oxygens (including phenoxy) is 1. The molecule has 0 bridgehead atoms. The van der Waals surface area contributed by atoms with E-state index >= 15 is 0 Å². The molecule has 2 rings (SSSR count). The highest BCUT2D eigenvalue weighted by Gasteiger charge is 2.39. The number of hydrogen-bond acceptors (Lipinski definition) is 6. The molecule has 0 aromatic carbocycles. The first-order valence-electron chi connectivity index (χ1n) is 6.53. The van der Waals surface area contributed by atoms with Gasteiger partial charge in [0.2, 0.25) is 0 Å². The molecule has 6 nitrogen and oxygen atoms in total. The maximum Gasteiger partial charge on any atom is 0.325 e. The molecule has 1 aliphatic rings. The number of nitrogens with zero attached hydrogens (tertiary/aromatic N) is 1. The molecule has 1 N–H and O–H groups in total. The summed E-state index contributed by atoms with van der Waals surface area (Å²) in [6.07, 6.45) is 0. The topological polar surface area (TPSA) is 75.7 Å². The zero-order chi connectivity index (χ0) is 15.6. The van der Waals surface area contributed by atoms with Crippen LogP contribution in [0.2, 0.25) is 0 Å². The van der Waals surface area contributed by atoms with Gasteiger partial charge in [-0.2, -0.15) is 4.31 Å². The average molecular weight is 397 g/mol. The molecule has 0 saturated carbocycles. The molecule has 1 fully saturated rings. The number of halogens is 1. The van der Waals surface area contributed by atoms with Crippen LogP contribution >= 0.6 is 27.3 Å². The van der Waals surface area contributed by atoms with Gasteiger partial charge in [0.25, 0.3) is 10.0 Å². The van der Waals surface area contributed by atoms with Crippen LogP contribution in [0.25, 0.3) is 0 Å². The van der Waals surface area contributed by atoms with Gasteiger partial charge >= 0.3 is 5.97 Å². The number of nitrogens with one attached hydrogen (secondary N) is 1. The molecular formula is C12H17BrN2O4S2. The summed E-state index contributed by atoms with van der Waals surface area (Å²) >= 11 is 4.49. The van der Waals surface area contributed by atoms with Gasteiger partial charge in [-0.05, 0) is 41.4 Å². The van der Waals surface area contributed by atoms with Crippen molar-refractivity contribution in [3.05, 3.63) is 15.4 Å². The first kappa shape index (κ1) is 16.9. The Balaban J connectivity index is 2.33. The van der Waals surface area contributed by atoms with Crippen LogP contribution in [0.1, 0.15) is 12.5 Å². The molecule has 1 unspecified atom stereocenters. The van der Waals surface area contributed by atoms with Gasteiger partial charge < -0.3 is 10.1 Å². The summed E-state index contributed by atoms with van der Waals surface area (Å²) in [5.41, 5.74) is 0.862. The smallest absolute Gasteiger partial charge is 0.325 e. The van der Waals surface area contributed by atoms with Crippen molar-refractivity contribution in [3.8, 4) is 0 Å². The normalized spacial score (nSPS) is 20.4. The van der Waals surface area contributed by atoms with Crippen LogP contribution in [0.15, 0.2) is 14.1 Å². The van der Waals surface area contributed by atoms with E-state index in [2.05, 4.69) is 21.2 Å². The largest absolute Gasteiger partial charge is 0.465 e.